The summed E-state index contributed by atoms with van der Waals surface area (Å²) in [6, 6.07) is 0. The molecular formula is C14H24N4O2S. The van der Waals surface area contributed by atoms with E-state index >= 15 is 0 Å². The Hall–Kier alpha value is -1.08. The van der Waals surface area contributed by atoms with E-state index in [1.54, 1.807) is 0 Å². The van der Waals surface area contributed by atoms with E-state index in [1.165, 1.54) is 18.2 Å². The van der Waals surface area contributed by atoms with Crippen molar-refractivity contribution in [1.82, 2.24) is 19.7 Å². The number of hydrogen-bond donors (Lipinski definition) is 1. The number of aromatic nitrogens is 3. The molecular weight excluding hydrogens is 288 g/mol. The molecule has 1 aliphatic heterocycles. The van der Waals surface area contributed by atoms with Crippen LogP contribution < -0.4 is 0 Å². The van der Waals surface area contributed by atoms with E-state index in [-0.39, 0.29) is 5.75 Å². The zero-order valence-corrected chi connectivity index (χ0v) is 13.6. The van der Waals surface area contributed by atoms with Gasteiger partial charge in [0.15, 0.2) is 5.16 Å². The van der Waals surface area contributed by atoms with Gasteiger partial charge in [0.2, 0.25) is 0 Å². The maximum absolute atomic E-state index is 10.8. The van der Waals surface area contributed by atoms with Crippen molar-refractivity contribution >= 4 is 17.7 Å². The highest BCUT2D eigenvalue weighted by Crippen LogP contribution is 2.23. The Morgan fingerprint density at radius 1 is 1.43 bits per heavy atom. The second-order valence-corrected chi connectivity index (χ2v) is 6.43. The van der Waals surface area contributed by atoms with Gasteiger partial charge >= 0.3 is 5.97 Å². The Morgan fingerprint density at radius 2 is 2.24 bits per heavy atom. The smallest absolute Gasteiger partial charge is 0.313 e. The standard InChI is InChI=1S/C14H24N4O2S/c1-3-5-12-15-16-14(21-10-13(19)20)18(12)9-11-6-7-17(4-2)8-11/h11H,3-10H2,1-2H3,(H,19,20). The number of carbonyl (C=O) groups is 1. The van der Waals surface area contributed by atoms with Gasteiger partial charge in [0.25, 0.3) is 0 Å². The molecule has 0 saturated carbocycles. The monoisotopic (exact) mass is 312 g/mol. The highest BCUT2D eigenvalue weighted by Gasteiger charge is 2.24. The van der Waals surface area contributed by atoms with Crippen molar-refractivity contribution in [3.05, 3.63) is 5.82 Å². The van der Waals surface area contributed by atoms with Crippen molar-refractivity contribution in [1.29, 1.82) is 0 Å². The van der Waals surface area contributed by atoms with Gasteiger partial charge in [-0.25, -0.2) is 0 Å². The summed E-state index contributed by atoms with van der Waals surface area (Å²) in [5.74, 6) is 0.821. The van der Waals surface area contributed by atoms with Crippen LogP contribution in [0, 0.1) is 5.92 Å². The van der Waals surface area contributed by atoms with E-state index in [9.17, 15) is 4.79 Å². The van der Waals surface area contributed by atoms with Crippen molar-refractivity contribution in [2.75, 3.05) is 25.4 Å². The molecule has 118 valence electrons. The van der Waals surface area contributed by atoms with Gasteiger partial charge in [-0.3, -0.25) is 4.79 Å². The van der Waals surface area contributed by atoms with Crippen LogP contribution in [-0.2, 0) is 17.8 Å². The molecule has 2 rings (SSSR count). The lowest BCUT2D eigenvalue weighted by molar-refractivity contribution is -0.133. The molecule has 21 heavy (non-hydrogen) atoms. The van der Waals surface area contributed by atoms with Crippen LogP contribution in [0.25, 0.3) is 0 Å². The van der Waals surface area contributed by atoms with E-state index < -0.39 is 5.97 Å². The average Bonchev–Trinajstić information content (AvgIpc) is 3.06. The second kappa shape index (κ2) is 7.79. The van der Waals surface area contributed by atoms with Crippen LogP contribution in [0.15, 0.2) is 5.16 Å². The fourth-order valence-corrected chi connectivity index (χ4v) is 3.44. The average molecular weight is 312 g/mol. The van der Waals surface area contributed by atoms with E-state index in [2.05, 4.69) is 33.5 Å². The van der Waals surface area contributed by atoms with Gasteiger partial charge in [-0.05, 0) is 31.8 Å². The summed E-state index contributed by atoms with van der Waals surface area (Å²) >= 11 is 1.27. The summed E-state index contributed by atoms with van der Waals surface area (Å²) in [7, 11) is 0. The minimum Gasteiger partial charge on any atom is -0.481 e. The summed E-state index contributed by atoms with van der Waals surface area (Å²) in [5.41, 5.74) is 0. The van der Waals surface area contributed by atoms with Crippen molar-refractivity contribution < 1.29 is 9.90 Å². The highest BCUT2D eigenvalue weighted by atomic mass is 32.2. The van der Waals surface area contributed by atoms with E-state index in [1.807, 2.05) is 0 Å². The Bertz CT molecular complexity index is 478. The van der Waals surface area contributed by atoms with Gasteiger partial charge in [0.05, 0.1) is 5.75 Å². The predicted octanol–water partition coefficient (Wildman–Crippen LogP) is 1.75. The van der Waals surface area contributed by atoms with Crippen molar-refractivity contribution in [3.63, 3.8) is 0 Å². The molecule has 1 aromatic heterocycles. The van der Waals surface area contributed by atoms with Crippen LogP contribution in [0.3, 0.4) is 0 Å². The Balaban J connectivity index is 2.07. The fraction of sp³-hybridized carbons (Fsp3) is 0.786. The minimum atomic E-state index is -0.815. The normalized spacial score (nSPS) is 19.2. The summed E-state index contributed by atoms with van der Waals surface area (Å²) in [4.78, 5) is 13.2. The molecule has 1 fully saturated rings. The van der Waals surface area contributed by atoms with Crippen LogP contribution in [0.5, 0.6) is 0 Å². The highest BCUT2D eigenvalue weighted by molar-refractivity contribution is 7.99. The molecule has 1 aromatic rings. The van der Waals surface area contributed by atoms with Crippen LogP contribution in [-0.4, -0.2) is 56.1 Å². The quantitative estimate of drug-likeness (QED) is 0.737. The Labute approximate surface area is 129 Å². The first-order valence-electron chi connectivity index (χ1n) is 7.63. The summed E-state index contributed by atoms with van der Waals surface area (Å²) < 4.78 is 2.14. The zero-order valence-electron chi connectivity index (χ0n) is 12.8. The van der Waals surface area contributed by atoms with E-state index in [0.717, 1.165) is 50.0 Å². The number of rotatable bonds is 8. The first-order valence-corrected chi connectivity index (χ1v) is 8.61. The largest absolute Gasteiger partial charge is 0.481 e. The number of aryl methyl sites for hydroxylation is 1. The third kappa shape index (κ3) is 4.44. The number of carboxylic acid groups (broad SMARTS) is 1. The SMILES string of the molecule is CCCc1nnc(SCC(=O)O)n1CC1CCN(CC)C1. The number of carboxylic acids is 1. The Kier molecular flexibility index (Phi) is 6.05. The Morgan fingerprint density at radius 3 is 2.86 bits per heavy atom. The number of hydrogen-bond acceptors (Lipinski definition) is 5. The summed E-state index contributed by atoms with van der Waals surface area (Å²) in [5, 5.41) is 18.0. The summed E-state index contributed by atoms with van der Waals surface area (Å²) in [6.07, 6.45) is 3.11. The molecule has 6 nitrogen and oxygen atoms in total. The van der Waals surface area contributed by atoms with E-state index in [0.29, 0.717) is 5.92 Å². The third-order valence-corrected chi connectivity index (χ3v) is 4.80. The topological polar surface area (TPSA) is 71.2 Å². The molecule has 0 radical (unpaired) electrons. The minimum absolute atomic E-state index is 0.0377. The molecule has 1 N–H and O–H groups in total. The molecule has 0 spiro atoms. The van der Waals surface area contributed by atoms with Crippen LogP contribution in [0.4, 0.5) is 0 Å². The molecule has 0 aromatic carbocycles. The first-order chi connectivity index (χ1) is 10.1. The van der Waals surface area contributed by atoms with Crippen LogP contribution in [0.2, 0.25) is 0 Å². The first kappa shape index (κ1) is 16.3. The lowest BCUT2D eigenvalue weighted by Crippen LogP contribution is -2.22. The second-order valence-electron chi connectivity index (χ2n) is 5.49. The third-order valence-electron chi connectivity index (χ3n) is 3.85. The van der Waals surface area contributed by atoms with Crippen LogP contribution >= 0.6 is 11.8 Å². The predicted molar refractivity (Wildman–Crippen MR) is 82.6 cm³/mol. The number of likely N-dealkylation sites (tertiary alicyclic amines) is 1. The number of thioether (sulfide) groups is 1. The zero-order chi connectivity index (χ0) is 15.2. The van der Waals surface area contributed by atoms with Gasteiger partial charge in [-0.2, -0.15) is 0 Å². The lowest BCUT2D eigenvalue weighted by Gasteiger charge is -2.16. The molecule has 1 unspecified atom stereocenters. The maximum atomic E-state index is 10.8. The van der Waals surface area contributed by atoms with Crippen molar-refractivity contribution in [3.8, 4) is 0 Å². The number of aliphatic carboxylic acids is 1. The van der Waals surface area contributed by atoms with Gasteiger partial charge in [0.1, 0.15) is 5.82 Å². The van der Waals surface area contributed by atoms with Gasteiger partial charge in [0, 0.05) is 19.5 Å². The lowest BCUT2D eigenvalue weighted by atomic mass is 10.1. The van der Waals surface area contributed by atoms with Gasteiger partial charge < -0.3 is 14.6 Å². The molecule has 1 saturated heterocycles. The molecule has 2 heterocycles. The van der Waals surface area contributed by atoms with Crippen LogP contribution in [0.1, 0.15) is 32.5 Å². The molecule has 7 heteroatoms. The van der Waals surface area contributed by atoms with E-state index in [4.69, 9.17) is 5.11 Å². The van der Waals surface area contributed by atoms with Gasteiger partial charge in [-0.15, -0.1) is 10.2 Å². The summed E-state index contributed by atoms with van der Waals surface area (Å²) in [6.45, 7) is 8.59. The van der Waals surface area contributed by atoms with Crippen molar-refractivity contribution in [2.45, 2.75) is 44.8 Å². The maximum Gasteiger partial charge on any atom is 0.313 e. The molecule has 1 aliphatic rings. The van der Waals surface area contributed by atoms with Gasteiger partial charge in [-0.1, -0.05) is 25.6 Å². The molecule has 0 amide bonds. The van der Waals surface area contributed by atoms with Crippen molar-refractivity contribution in [2.24, 2.45) is 5.92 Å². The molecule has 0 aliphatic carbocycles. The molecule has 1 atom stereocenters. The fourth-order valence-electron chi connectivity index (χ4n) is 2.75. The molecule has 0 bridgehead atoms. The number of nitrogens with zero attached hydrogens (tertiary/aromatic N) is 4.